The van der Waals surface area contributed by atoms with Gasteiger partial charge < -0.3 is 4.74 Å². The van der Waals surface area contributed by atoms with Crippen molar-refractivity contribution >= 4 is 10.0 Å². The van der Waals surface area contributed by atoms with Gasteiger partial charge in [-0.3, -0.25) is 4.98 Å². The molecule has 0 radical (unpaired) electrons. The summed E-state index contributed by atoms with van der Waals surface area (Å²) in [6.45, 7) is 3.29. The van der Waals surface area contributed by atoms with Crippen LogP contribution in [0.2, 0.25) is 0 Å². The number of aromatic nitrogens is 2. The molecule has 0 spiro atoms. The van der Waals surface area contributed by atoms with Crippen LogP contribution in [0.4, 0.5) is 0 Å². The molecular formula is C9H15N3O3S. The zero-order valence-electron chi connectivity index (χ0n) is 9.41. The molecule has 1 heterocycles. The molecular weight excluding hydrogens is 230 g/mol. The first-order valence-electron chi connectivity index (χ1n) is 4.73. The molecule has 0 aliphatic heterocycles. The number of hydrogen-bond donors (Lipinski definition) is 1. The lowest BCUT2D eigenvalue weighted by molar-refractivity contribution is 0.394. The minimum Gasteiger partial charge on any atom is -0.480 e. The van der Waals surface area contributed by atoms with Crippen molar-refractivity contribution in [2.45, 2.75) is 25.0 Å². The maximum atomic E-state index is 11.2. The molecule has 0 aliphatic carbocycles. The van der Waals surface area contributed by atoms with Gasteiger partial charge in [0, 0.05) is 5.92 Å². The van der Waals surface area contributed by atoms with Crippen molar-refractivity contribution in [3.05, 3.63) is 18.1 Å². The Bertz CT molecular complexity index is 444. The molecule has 1 aromatic rings. The second kappa shape index (κ2) is 4.75. The second-order valence-electron chi connectivity index (χ2n) is 3.57. The number of hydrogen-bond acceptors (Lipinski definition) is 5. The van der Waals surface area contributed by atoms with Gasteiger partial charge in [0.25, 0.3) is 0 Å². The van der Waals surface area contributed by atoms with Crippen molar-refractivity contribution in [2.75, 3.05) is 7.11 Å². The van der Waals surface area contributed by atoms with Gasteiger partial charge >= 0.3 is 0 Å². The van der Waals surface area contributed by atoms with Gasteiger partial charge in [0.15, 0.2) is 0 Å². The second-order valence-corrected chi connectivity index (χ2v) is 5.49. The molecule has 0 unspecified atom stereocenters. The predicted octanol–water partition coefficient (Wildman–Crippen LogP) is 0.266. The maximum absolute atomic E-state index is 11.2. The van der Waals surface area contributed by atoms with Crippen molar-refractivity contribution < 1.29 is 13.2 Å². The van der Waals surface area contributed by atoms with E-state index in [4.69, 9.17) is 9.88 Å². The highest BCUT2D eigenvalue weighted by Gasteiger charge is 2.25. The van der Waals surface area contributed by atoms with Gasteiger partial charge in [-0.05, 0) is 6.92 Å². The van der Waals surface area contributed by atoms with Crippen LogP contribution in [0.3, 0.4) is 0 Å². The summed E-state index contributed by atoms with van der Waals surface area (Å²) in [5.41, 5.74) is 0.572. The van der Waals surface area contributed by atoms with Crippen LogP contribution in [0.15, 0.2) is 12.4 Å². The number of sulfonamides is 1. The minimum absolute atomic E-state index is 0.312. The Kier molecular flexibility index (Phi) is 3.82. The van der Waals surface area contributed by atoms with Gasteiger partial charge in [-0.25, -0.2) is 18.5 Å². The quantitative estimate of drug-likeness (QED) is 0.821. The molecule has 2 atom stereocenters. The molecule has 1 aromatic heterocycles. The third-order valence-electron chi connectivity index (χ3n) is 2.55. The topological polar surface area (TPSA) is 95.2 Å². The van der Waals surface area contributed by atoms with Crippen LogP contribution in [0.25, 0.3) is 0 Å². The van der Waals surface area contributed by atoms with E-state index in [0.717, 1.165) is 0 Å². The molecule has 0 aromatic carbocycles. The highest BCUT2D eigenvalue weighted by Crippen LogP contribution is 2.21. The molecule has 0 fully saturated rings. The van der Waals surface area contributed by atoms with Crippen LogP contribution in [0.1, 0.15) is 25.5 Å². The first-order valence-corrected chi connectivity index (χ1v) is 6.34. The molecule has 0 amide bonds. The van der Waals surface area contributed by atoms with Gasteiger partial charge in [0.2, 0.25) is 15.9 Å². The molecule has 90 valence electrons. The van der Waals surface area contributed by atoms with Crippen LogP contribution < -0.4 is 9.88 Å². The molecule has 0 saturated heterocycles. The van der Waals surface area contributed by atoms with E-state index in [-0.39, 0.29) is 5.92 Å². The number of ether oxygens (including phenoxy) is 1. The summed E-state index contributed by atoms with van der Waals surface area (Å²) in [5.74, 6) is 0.0765. The first-order chi connectivity index (χ1) is 7.36. The Morgan fingerprint density at radius 1 is 1.31 bits per heavy atom. The van der Waals surface area contributed by atoms with E-state index in [1.807, 2.05) is 0 Å². The summed E-state index contributed by atoms with van der Waals surface area (Å²) in [7, 11) is -2.08. The van der Waals surface area contributed by atoms with Crippen molar-refractivity contribution in [2.24, 2.45) is 5.14 Å². The van der Waals surface area contributed by atoms with E-state index in [1.165, 1.54) is 19.5 Å². The van der Waals surface area contributed by atoms with Crippen molar-refractivity contribution in [1.82, 2.24) is 9.97 Å². The highest BCUT2D eigenvalue weighted by atomic mass is 32.2. The smallest absolute Gasteiger partial charge is 0.231 e. The van der Waals surface area contributed by atoms with Crippen molar-refractivity contribution in [3.63, 3.8) is 0 Å². The van der Waals surface area contributed by atoms with Crippen LogP contribution in [-0.4, -0.2) is 30.7 Å². The van der Waals surface area contributed by atoms with Crippen LogP contribution >= 0.6 is 0 Å². The van der Waals surface area contributed by atoms with Gasteiger partial charge in [-0.15, -0.1) is 0 Å². The Morgan fingerprint density at radius 2 is 1.94 bits per heavy atom. The van der Waals surface area contributed by atoms with E-state index >= 15 is 0 Å². The monoisotopic (exact) mass is 245 g/mol. The molecule has 0 bridgehead atoms. The molecule has 6 nitrogen and oxygen atoms in total. The van der Waals surface area contributed by atoms with E-state index in [2.05, 4.69) is 9.97 Å². The van der Waals surface area contributed by atoms with E-state index in [0.29, 0.717) is 11.6 Å². The van der Waals surface area contributed by atoms with Crippen molar-refractivity contribution in [1.29, 1.82) is 0 Å². The zero-order chi connectivity index (χ0) is 12.3. The van der Waals surface area contributed by atoms with E-state index in [9.17, 15) is 8.42 Å². The fraction of sp³-hybridized carbons (Fsp3) is 0.556. The van der Waals surface area contributed by atoms with Crippen molar-refractivity contribution in [3.8, 4) is 5.88 Å². The summed E-state index contributed by atoms with van der Waals surface area (Å²) in [5, 5.41) is 4.37. The van der Waals surface area contributed by atoms with Gasteiger partial charge in [0.1, 0.15) is 0 Å². The summed E-state index contributed by atoms with van der Waals surface area (Å²) >= 11 is 0. The molecule has 16 heavy (non-hydrogen) atoms. The zero-order valence-corrected chi connectivity index (χ0v) is 10.2. The number of primary sulfonamides is 1. The Balaban J connectivity index is 2.92. The van der Waals surface area contributed by atoms with Gasteiger partial charge in [0.05, 0.1) is 30.4 Å². The third-order valence-corrected chi connectivity index (χ3v) is 3.99. The number of nitrogens with zero attached hydrogens (tertiary/aromatic N) is 2. The standard InChI is InChI=1S/C9H15N3O3S/c1-6(7(2)16(10,13)14)8-4-12-9(15-3)5-11-8/h4-7H,1-3H3,(H2,10,13,14)/t6-,7+/m0/s1. The third kappa shape index (κ3) is 2.89. The van der Waals surface area contributed by atoms with E-state index < -0.39 is 15.3 Å². The fourth-order valence-electron chi connectivity index (χ4n) is 1.19. The lowest BCUT2D eigenvalue weighted by Crippen LogP contribution is -2.30. The van der Waals surface area contributed by atoms with E-state index in [1.54, 1.807) is 13.8 Å². The van der Waals surface area contributed by atoms with Crippen LogP contribution in [-0.2, 0) is 10.0 Å². The fourth-order valence-corrected chi connectivity index (χ4v) is 1.90. The summed E-state index contributed by atoms with van der Waals surface area (Å²) in [4.78, 5) is 8.04. The lowest BCUT2D eigenvalue weighted by atomic mass is 10.1. The number of methoxy groups -OCH3 is 1. The summed E-state index contributed by atoms with van der Waals surface area (Å²) < 4.78 is 27.2. The first kappa shape index (κ1) is 12.9. The normalized spacial score (nSPS) is 15.5. The van der Waals surface area contributed by atoms with Gasteiger partial charge in [-0.1, -0.05) is 6.92 Å². The van der Waals surface area contributed by atoms with Crippen LogP contribution in [0, 0.1) is 0 Å². The molecule has 2 N–H and O–H groups in total. The molecule has 0 saturated carbocycles. The summed E-state index contributed by atoms with van der Waals surface area (Å²) in [6.07, 6.45) is 2.94. The average molecular weight is 245 g/mol. The number of nitrogens with two attached hydrogens (primary N) is 1. The van der Waals surface area contributed by atoms with Crippen LogP contribution in [0.5, 0.6) is 5.88 Å². The Labute approximate surface area is 94.9 Å². The largest absolute Gasteiger partial charge is 0.480 e. The number of rotatable bonds is 4. The lowest BCUT2D eigenvalue weighted by Gasteiger charge is -2.16. The molecule has 0 aliphatic rings. The maximum Gasteiger partial charge on any atom is 0.231 e. The highest BCUT2D eigenvalue weighted by molar-refractivity contribution is 7.89. The molecule has 1 rings (SSSR count). The predicted molar refractivity (Wildman–Crippen MR) is 59.6 cm³/mol. The minimum atomic E-state index is -3.56. The Morgan fingerprint density at radius 3 is 2.31 bits per heavy atom. The summed E-state index contributed by atoms with van der Waals surface area (Å²) in [6, 6.07) is 0. The molecule has 7 heteroatoms. The van der Waals surface area contributed by atoms with Gasteiger partial charge in [-0.2, -0.15) is 0 Å². The SMILES string of the molecule is COc1cnc([C@@H](C)[C@@H](C)S(N)(=O)=O)cn1. The average Bonchev–Trinajstić information content (AvgIpc) is 2.26. The Hall–Kier alpha value is -1.21.